The molecule has 186 valence electrons. The first kappa shape index (κ1) is 25.2. The second-order valence-corrected chi connectivity index (χ2v) is 10.1. The number of rotatable bonds is 9. The number of anilines is 2. The Morgan fingerprint density at radius 1 is 1.22 bits per heavy atom. The second kappa shape index (κ2) is 10.4. The number of carbonyl (C=O) groups excluding carboxylic acids is 1. The topological polar surface area (TPSA) is 135 Å². The molecule has 1 aromatic heterocycles. The van der Waals surface area contributed by atoms with Gasteiger partial charge in [-0.3, -0.25) is 9.52 Å². The number of sulfonamides is 1. The Bertz CT molecular complexity index is 1450. The first-order valence-electron chi connectivity index (χ1n) is 10.9. The quantitative estimate of drug-likeness (QED) is 0.442. The van der Waals surface area contributed by atoms with E-state index in [4.69, 9.17) is 21.1 Å². The predicted molar refractivity (Wildman–Crippen MR) is 134 cm³/mol. The van der Waals surface area contributed by atoms with E-state index in [0.29, 0.717) is 40.6 Å². The van der Waals surface area contributed by atoms with Gasteiger partial charge < -0.3 is 14.4 Å². The molecule has 36 heavy (non-hydrogen) atoms. The van der Waals surface area contributed by atoms with E-state index in [1.165, 1.54) is 12.3 Å². The number of benzene rings is 2. The summed E-state index contributed by atoms with van der Waals surface area (Å²) >= 11 is 6.54. The maximum Gasteiger partial charge on any atom is 0.259 e. The van der Waals surface area contributed by atoms with Gasteiger partial charge in [-0.05, 0) is 42.8 Å². The number of aromatic nitrogens is 2. The molecule has 1 aliphatic rings. The Morgan fingerprint density at radius 2 is 1.97 bits per heavy atom. The zero-order chi connectivity index (χ0) is 25.9. The molecule has 0 spiro atoms. The van der Waals surface area contributed by atoms with Crippen LogP contribution in [0.3, 0.4) is 0 Å². The summed E-state index contributed by atoms with van der Waals surface area (Å²) in [6.45, 7) is 2.70. The SMILES string of the molecule is CCCOc1c(C#N)cc2c(c1Cl)CN(c1ccc(OCc3ccnc(NS(C)(=O)=O)n3)cc1)C2=O. The van der Waals surface area contributed by atoms with Crippen molar-refractivity contribution in [3.8, 4) is 17.6 Å². The number of carbonyl (C=O) groups is 1. The average molecular weight is 528 g/mol. The van der Waals surface area contributed by atoms with Crippen LogP contribution in [0.2, 0.25) is 5.02 Å². The third-order valence-corrected chi connectivity index (χ3v) is 6.16. The molecule has 10 nitrogen and oxygen atoms in total. The van der Waals surface area contributed by atoms with Gasteiger partial charge in [-0.1, -0.05) is 18.5 Å². The summed E-state index contributed by atoms with van der Waals surface area (Å²) in [7, 11) is -3.49. The Morgan fingerprint density at radius 3 is 2.64 bits per heavy atom. The highest BCUT2D eigenvalue weighted by Crippen LogP contribution is 2.40. The van der Waals surface area contributed by atoms with Crippen molar-refractivity contribution in [1.82, 2.24) is 9.97 Å². The van der Waals surface area contributed by atoms with Crippen molar-refractivity contribution in [2.24, 2.45) is 0 Å². The standard InChI is InChI=1S/C24H22ClN5O5S/c1-3-10-34-22-15(12-26)11-19-20(21(22)25)13-30(23(19)31)17-4-6-18(7-5-17)35-14-16-8-9-27-24(28-16)29-36(2,32)33/h4-9,11H,3,10,13-14H2,1-2H3,(H,27,28,29). The third kappa shape index (κ3) is 5.50. The first-order chi connectivity index (χ1) is 17.2. The number of nitriles is 1. The van der Waals surface area contributed by atoms with E-state index >= 15 is 0 Å². The lowest BCUT2D eigenvalue weighted by atomic mass is 10.1. The number of fused-ring (bicyclic) bond motifs is 1. The number of nitrogens with zero attached hydrogens (tertiary/aromatic N) is 4. The van der Waals surface area contributed by atoms with E-state index in [2.05, 4.69) is 20.8 Å². The largest absolute Gasteiger partial charge is 0.491 e. The van der Waals surface area contributed by atoms with E-state index in [1.807, 2.05) is 6.92 Å². The van der Waals surface area contributed by atoms with Crippen molar-refractivity contribution < 1.29 is 22.7 Å². The molecular formula is C24H22ClN5O5S. The molecule has 2 aromatic carbocycles. The third-order valence-electron chi connectivity index (χ3n) is 5.21. The number of hydrogen-bond acceptors (Lipinski definition) is 8. The monoisotopic (exact) mass is 527 g/mol. The minimum atomic E-state index is -3.49. The molecule has 1 amide bonds. The zero-order valence-electron chi connectivity index (χ0n) is 19.5. The molecule has 0 fully saturated rings. The summed E-state index contributed by atoms with van der Waals surface area (Å²) in [6, 6.07) is 12.1. The maximum atomic E-state index is 13.1. The van der Waals surface area contributed by atoms with Crippen LogP contribution in [-0.4, -0.2) is 37.2 Å². The molecule has 3 aromatic rings. The summed E-state index contributed by atoms with van der Waals surface area (Å²) in [6.07, 6.45) is 3.20. The van der Waals surface area contributed by atoms with Crippen molar-refractivity contribution in [2.75, 3.05) is 22.5 Å². The van der Waals surface area contributed by atoms with Crippen LogP contribution in [0.1, 0.15) is 40.5 Å². The van der Waals surface area contributed by atoms with Crippen LogP contribution in [0.5, 0.6) is 11.5 Å². The predicted octanol–water partition coefficient (Wildman–Crippen LogP) is 3.90. The molecular weight excluding hydrogens is 506 g/mol. The fourth-order valence-corrected chi connectivity index (χ4v) is 4.35. The second-order valence-electron chi connectivity index (χ2n) is 7.97. The summed E-state index contributed by atoms with van der Waals surface area (Å²) in [5.41, 5.74) is 2.34. The van der Waals surface area contributed by atoms with Gasteiger partial charge in [-0.2, -0.15) is 5.26 Å². The van der Waals surface area contributed by atoms with E-state index in [-0.39, 0.29) is 35.6 Å². The highest BCUT2D eigenvalue weighted by Gasteiger charge is 2.33. The van der Waals surface area contributed by atoms with Gasteiger partial charge in [0.15, 0.2) is 5.75 Å². The number of ether oxygens (including phenoxy) is 2. The molecule has 0 saturated carbocycles. The lowest BCUT2D eigenvalue weighted by molar-refractivity contribution is 0.0996. The lowest BCUT2D eigenvalue weighted by Crippen LogP contribution is -2.22. The molecule has 1 N–H and O–H groups in total. The molecule has 0 unspecified atom stereocenters. The van der Waals surface area contributed by atoms with Gasteiger partial charge in [0.1, 0.15) is 18.4 Å². The average Bonchev–Trinajstić information content (AvgIpc) is 3.18. The number of hydrogen-bond donors (Lipinski definition) is 1. The Balaban J connectivity index is 1.47. The van der Waals surface area contributed by atoms with E-state index in [0.717, 1.165) is 12.7 Å². The van der Waals surface area contributed by atoms with Crippen LogP contribution in [0, 0.1) is 11.3 Å². The summed E-state index contributed by atoms with van der Waals surface area (Å²) in [5, 5.41) is 9.79. The minimum Gasteiger partial charge on any atom is -0.491 e. The summed E-state index contributed by atoms with van der Waals surface area (Å²) in [5.74, 6) is 0.533. The fraction of sp³-hybridized carbons (Fsp3) is 0.250. The van der Waals surface area contributed by atoms with Gasteiger partial charge in [-0.25, -0.2) is 18.4 Å². The molecule has 0 aliphatic carbocycles. The lowest BCUT2D eigenvalue weighted by Gasteiger charge is -2.16. The molecule has 12 heteroatoms. The normalized spacial score (nSPS) is 12.7. The van der Waals surface area contributed by atoms with Crippen molar-refractivity contribution in [2.45, 2.75) is 26.5 Å². The molecule has 0 saturated heterocycles. The molecule has 0 atom stereocenters. The minimum absolute atomic E-state index is 0.0393. The van der Waals surface area contributed by atoms with E-state index in [9.17, 15) is 18.5 Å². The number of nitrogens with one attached hydrogen (secondary N) is 1. The van der Waals surface area contributed by atoms with Crippen molar-refractivity contribution >= 4 is 39.2 Å². The van der Waals surface area contributed by atoms with Crippen LogP contribution in [0.4, 0.5) is 11.6 Å². The molecule has 1 aliphatic heterocycles. The smallest absolute Gasteiger partial charge is 0.259 e. The van der Waals surface area contributed by atoms with Gasteiger partial charge in [-0.15, -0.1) is 0 Å². The molecule has 2 heterocycles. The maximum absolute atomic E-state index is 13.1. The molecule has 4 rings (SSSR count). The summed E-state index contributed by atoms with van der Waals surface area (Å²) < 4.78 is 36.4. The highest BCUT2D eigenvalue weighted by molar-refractivity contribution is 7.91. The van der Waals surface area contributed by atoms with Gasteiger partial charge in [0, 0.05) is 23.0 Å². The van der Waals surface area contributed by atoms with Crippen LogP contribution < -0.4 is 19.1 Å². The van der Waals surface area contributed by atoms with Gasteiger partial charge in [0.2, 0.25) is 16.0 Å². The fourth-order valence-electron chi connectivity index (χ4n) is 3.60. The van der Waals surface area contributed by atoms with E-state index < -0.39 is 10.0 Å². The van der Waals surface area contributed by atoms with Crippen LogP contribution in [0.25, 0.3) is 0 Å². The molecule has 0 radical (unpaired) electrons. The summed E-state index contributed by atoms with van der Waals surface area (Å²) in [4.78, 5) is 22.6. The first-order valence-corrected chi connectivity index (χ1v) is 13.2. The van der Waals surface area contributed by atoms with Gasteiger partial charge in [0.25, 0.3) is 5.91 Å². The number of amides is 1. The van der Waals surface area contributed by atoms with E-state index in [1.54, 1.807) is 35.2 Å². The molecule has 0 bridgehead atoms. The number of halogens is 1. The van der Waals surface area contributed by atoms with Gasteiger partial charge >= 0.3 is 0 Å². The Hall–Kier alpha value is -3.88. The Labute approximate surface area is 213 Å². The van der Waals surface area contributed by atoms with Crippen LogP contribution >= 0.6 is 11.6 Å². The van der Waals surface area contributed by atoms with Crippen molar-refractivity contribution in [3.63, 3.8) is 0 Å². The van der Waals surface area contributed by atoms with Crippen molar-refractivity contribution in [1.29, 1.82) is 5.26 Å². The van der Waals surface area contributed by atoms with Crippen LogP contribution in [-0.2, 0) is 23.2 Å². The van der Waals surface area contributed by atoms with Gasteiger partial charge in [0.05, 0.1) is 35.7 Å². The van der Waals surface area contributed by atoms with Crippen molar-refractivity contribution in [3.05, 3.63) is 70.0 Å². The zero-order valence-corrected chi connectivity index (χ0v) is 21.1. The highest BCUT2D eigenvalue weighted by atomic mass is 35.5. The van der Waals surface area contributed by atoms with Crippen LogP contribution in [0.15, 0.2) is 42.6 Å². The Kier molecular flexibility index (Phi) is 7.28.